The molecule has 0 radical (unpaired) electrons. The molecule has 0 amide bonds. The van der Waals surface area contributed by atoms with Gasteiger partial charge in [0, 0.05) is 18.3 Å². The summed E-state index contributed by atoms with van der Waals surface area (Å²) < 4.78 is 67.3. The summed E-state index contributed by atoms with van der Waals surface area (Å²) in [7, 11) is -4.00. The van der Waals surface area contributed by atoms with Gasteiger partial charge in [-0.2, -0.15) is 18.3 Å². The molecule has 0 bridgehead atoms. The van der Waals surface area contributed by atoms with E-state index in [1.807, 2.05) is 13.8 Å². The first-order valence-corrected chi connectivity index (χ1v) is 8.73. The minimum atomic E-state index is -4.39. The van der Waals surface area contributed by atoms with Crippen molar-refractivity contribution in [1.29, 1.82) is 0 Å². The summed E-state index contributed by atoms with van der Waals surface area (Å²) in [4.78, 5) is -0.104. The molecular weight excluding hydrogens is 319 g/mol. The van der Waals surface area contributed by atoms with E-state index < -0.39 is 28.2 Å². The van der Waals surface area contributed by atoms with Crippen LogP contribution >= 0.6 is 0 Å². The third kappa shape index (κ3) is 3.81. The van der Waals surface area contributed by atoms with Gasteiger partial charge in [0.05, 0.1) is 12.1 Å². The van der Waals surface area contributed by atoms with Crippen LogP contribution < -0.4 is 4.72 Å². The summed E-state index contributed by atoms with van der Waals surface area (Å²) in [5, 5.41) is 3.92. The number of sulfonamides is 1. The first kappa shape index (κ1) is 17.3. The molecule has 1 fully saturated rings. The standard InChI is InChI=1S/C13H20F3N3O2S/c1-9(2)19-8-10(7-17-19)22(20,21)18-12-6-4-3-5-11(12)13(14,15)16/h7-9,11-12,18H,3-6H2,1-2H3/t11-,12-/m1/s1. The van der Waals surface area contributed by atoms with E-state index in [-0.39, 0.29) is 23.8 Å². The molecule has 1 heterocycles. The van der Waals surface area contributed by atoms with E-state index in [9.17, 15) is 21.6 Å². The predicted octanol–water partition coefficient (Wildman–Crippen LogP) is 2.86. The molecule has 5 nitrogen and oxygen atoms in total. The van der Waals surface area contributed by atoms with E-state index in [0.717, 1.165) is 6.20 Å². The van der Waals surface area contributed by atoms with Gasteiger partial charge in [0.1, 0.15) is 4.90 Å². The molecule has 126 valence electrons. The highest BCUT2D eigenvalue weighted by molar-refractivity contribution is 7.89. The van der Waals surface area contributed by atoms with Crippen LogP contribution in [0.2, 0.25) is 0 Å². The summed E-state index contributed by atoms with van der Waals surface area (Å²) >= 11 is 0. The number of nitrogens with one attached hydrogen (secondary N) is 1. The predicted molar refractivity (Wildman–Crippen MR) is 74.7 cm³/mol. The summed E-state index contributed by atoms with van der Waals surface area (Å²) in [6.45, 7) is 3.66. The Morgan fingerprint density at radius 1 is 1.32 bits per heavy atom. The number of aromatic nitrogens is 2. The van der Waals surface area contributed by atoms with E-state index in [1.54, 1.807) is 0 Å². The molecule has 0 unspecified atom stereocenters. The Morgan fingerprint density at radius 3 is 2.50 bits per heavy atom. The lowest BCUT2D eigenvalue weighted by atomic mass is 9.85. The van der Waals surface area contributed by atoms with Crippen LogP contribution in [0.5, 0.6) is 0 Å². The molecule has 2 atom stereocenters. The van der Waals surface area contributed by atoms with E-state index in [4.69, 9.17) is 0 Å². The van der Waals surface area contributed by atoms with E-state index in [0.29, 0.717) is 12.8 Å². The van der Waals surface area contributed by atoms with Crippen molar-refractivity contribution in [3.8, 4) is 0 Å². The molecule has 1 aromatic heterocycles. The Balaban J connectivity index is 2.19. The van der Waals surface area contributed by atoms with Gasteiger partial charge >= 0.3 is 6.18 Å². The maximum atomic E-state index is 13.0. The molecule has 1 saturated carbocycles. The molecule has 0 aliphatic heterocycles. The SMILES string of the molecule is CC(C)n1cc(S(=O)(=O)N[C@@H]2CCCC[C@H]2C(F)(F)F)cn1. The van der Waals surface area contributed by atoms with Crippen molar-refractivity contribution in [2.24, 2.45) is 5.92 Å². The van der Waals surface area contributed by atoms with Gasteiger partial charge in [-0.25, -0.2) is 13.1 Å². The van der Waals surface area contributed by atoms with Crippen LogP contribution in [0, 0.1) is 5.92 Å². The fraction of sp³-hybridized carbons (Fsp3) is 0.769. The molecule has 1 aliphatic carbocycles. The lowest BCUT2D eigenvalue weighted by molar-refractivity contribution is -0.187. The minimum absolute atomic E-state index is 0.0263. The van der Waals surface area contributed by atoms with Crippen LogP contribution in [-0.2, 0) is 10.0 Å². The summed E-state index contributed by atoms with van der Waals surface area (Å²) in [6.07, 6.45) is -0.690. The lowest BCUT2D eigenvalue weighted by Gasteiger charge is -2.33. The van der Waals surface area contributed by atoms with Gasteiger partial charge in [0.25, 0.3) is 0 Å². The molecule has 0 aromatic carbocycles. The Hall–Kier alpha value is -1.09. The van der Waals surface area contributed by atoms with Crippen LogP contribution in [0.3, 0.4) is 0 Å². The Bertz CT molecular complexity index is 610. The highest BCUT2D eigenvalue weighted by Gasteiger charge is 2.46. The molecule has 1 aliphatic rings. The van der Waals surface area contributed by atoms with Crippen LogP contribution in [0.25, 0.3) is 0 Å². The van der Waals surface area contributed by atoms with Crippen LogP contribution in [0.15, 0.2) is 17.3 Å². The van der Waals surface area contributed by atoms with Gasteiger partial charge in [-0.3, -0.25) is 4.68 Å². The fourth-order valence-corrected chi connectivity index (χ4v) is 3.92. The number of alkyl halides is 3. The summed E-state index contributed by atoms with van der Waals surface area (Å²) in [6, 6.07) is -1.14. The van der Waals surface area contributed by atoms with Crippen molar-refractivity contribution in [2.75, 3.05) is 0 Å². The van der Waals surface area contributed by atoms with Crippen molar-refractivity contribution in [1.82, 2.24) is 14.5 Å². The molecule has 0 spiro atoms. The first-order valence-electron chi connectivity index (χ1n) is 7.24. The zero-order valence-corrected chi connectivity index (χ0v) is 13.3. The first-order chi connectivity index (χ1) is 10.1. The van der Waals surface area contributed by atoms with Crippen molar-refractivity contribution in [3.63, 3.8) is 0 Å². The monoisotopic (exact) mass is 339 g/mol. The normalized spacial score (nSPS) is 23.9. The third-order valence-electron chi connectivity index (χ3n) is 3.91. The highest BCUT2D eigenvalue weighted by Crippen LogP contribution is 2.38. The van der Waals surface area contributed by atoms with Gasteiger partial charge in [-0.05, 0) is 26.7 Å². The van der Waals surface area contributed by atoms with E-state index in [1.165, 1.54) is 10.9 Å². The Labute approximate surface area is 127 Å². The van der Waals surface area contributed by atoms with Crippen LogP contribution in [0.4, 0.5) is 13.2 Å². The lowest BCUT2D eigenvalue weighted by Crippen LogP contribution is -2.47. The molecule has 9 heteroatoms. The average molecular weight is 339 g/mol. The Morgan fingerprint density at radius 2 is 1.95 bits per heavy atom. The molecule has 1 N–H and O–H groups in total. The minimum Gasteiger partial charge on any atom is -0.269 e. The van der Waals surface area contributed by atoms with Gasteiger partial charge in [0.2, 0.25) is 10.0 Å². The van der Waals surface area contributed by atoms with Gasteiger partial charge in [0.15, 0.2) is 0 Å². The second kappa shape index (κ2) is 6.19. The summed E-state index contributed by atoms with van der Waals surface area (Å²) in [5.41, 5.74) is 0. The van der Waals surface area contributed by atoms with Gasteiger partial charge < -0.3 is 0 Å². The topological polar surface area (TPSA) is 64.0 Å². The fourth-order valence-electron chi connectivity index (χ4n) is 2.67. The van der Waals surface area contributed by atoms with Crippen molar-refractivity contribution in [2.45, 2.75) is 62.7 Å². The van der Waals surface area contributed by atoms with Gasteiger partial charge in [-0.15, -0.1) is 0 Å². The number of nitrogens with zero attached hydrogens (tertiary/aromatic N) is 2. The van der Waals surface area contributed by atoms with Crippen molar-refractivity contribution < 1.29 is 21.6 Å². The summed E-state index contributed by atoms with van der Waals surface area (Å²) in [5.74, 6) is -1.63. The molecule has 0 saturated heterocycles. The van der Waals surface area contributed by atoms with Crippen LogP contribution in [0.1, 0.15) is 45.6 Å². The number of halogens is 3. The smallest absolute Gasteiger partial charge is 0.269 e. The third-order valence-corrected chi connectivity index (χ3v) is 5.35. The molecular formula is C13H20F3N3O2S. The van der Waals surface area contributed by atoms with Gasteiger partial charge in [-0.1, -0.05) is 12.8 Å². The number of rotatable bonds is 4. The maximum Gasteiger partial charge on any atom is 0.393 e. The number of hydrogen-bond acceptors (Lipinski definition) is 3. The van der Waals surface area contributed by atoms with Crippen LogP contribution in [-0.4, -0.2) is 30.4 Å². The van der Waals surface area contributed by atoms with E-state index in [2.05, 4.69) is 9.82 Å². The zero-order valence-electron chi connectivity index (χ0n) is 12.5. The highest BCUT2D eigenvalue weighted by atomic mass is 32.2. The zero-order chi connectivity index (χ0) is 16.5. The molecule has 22 heavy (non-hydrogen) atoms. The largest absolute Gasteiger partial charge is 0.393 e. The molecule has 2 rings (SSSR count). The number of hydrogen-bond donors (Lipinski definition) is 1. The van der Waals surface area contributed by atoms with Crippen molar-refractivity contribution in [3.05, 3.63) is 12.4 Å². The average Bonchev–Trinajstić information content (AvgIpc) is 2.88. The second-order valence-corrected chi connectivity index (χ2v) is 7.62. The maximum absolute atomic E-state index is 13.0. The van der Waals surface area contributed by atoms with Crippen molar-refractivity contribution >= 4 is 10.0 Å². The Kier molecular flexibility index (Phi) is 4.86. The second-order valence-electron chi connectivity index (χ2n) is 5.91. The molecule has 1 aromatic rings. The quantitative estimate of drug-likeness (QED) is 0.917. The van der Waals surface area contributed by atoms with E-state index >= 15 is 0 Å².